The first-order valence-electron chi connectivity index (χ1n) is 8.50. The highest BCUT2D eigenvalue weighted by Gasteiger charge is 2.30. The van der Waals surface area contributed by atoms with E-state index in [1.165, 1.54) is 0 Å². The number of benzene rings is 2. The fourth-order valence-corrected chi connectivity index (χ4v) is 2.67. The molecule has 134 valence electrons. The van der Waals surface area contributed by atoms with Gasteiger partial charge in [0.05, 0.1) is 33.0 Å². The lowest BCUT2D eigenvalue weighted by atomic mass is 10.2. The zero-order chi connectivity index (χ0) is 17.3. The van der Waals surface area contributed by atoms with E-state index in [1.807, 2.05) is 60.7 Å². The van der Waals surface area contributed by atoms with E-state index in [4.69, 9.17) is 18.9 Å². The third-order valence-electron chi connectivity index (χ3n) is 3.99. The van der Waals surface area contributed by atoms with Crippen molar-refractivity contribution >= 4 is 0 Å². The van der Waals surface area contributed by atoms with Crippen molar-refractivity contribution in [3.05, 3.63) is 71.8 Å². The molecule has 2 aromatic carbocycles. The van der Waals surface area contributed by atoms with Crippen LogP contribution in [-0.2, 0) is 32.2 Å². The van der Waals surface area contributed by atoms with Crippen molar-refractivity contribution in [2.45, 2.75) is 31.7 Å². The van der Waals surface area contributed by atoms with Gasteiger partial charge in [-0.3, -0.25) is 0 Å². The Labute approximate surface area is 148 Å². The summed E-state index contributed by atoms with van der Waals surface area (Å²) >= 11 is 0. The zero-order valence-corrected chi connectivity index (χ0v) is 14.1. The lowest BCUT2D eigenvalue weighted by Crippen LogP contribution is -2.46. The van der Waals surface area contributed by atoms with Gasteiger partial charge in [0.2, 0.25) is 0 Å². The molecule has 25 heavy (non-hydrogen) atoms. The second-order valence-electron chi connectivity index (χ2n) is 6.00. The SMILES string of the molecule is OC1COC[C@H]([C@@H](COCc2ccccc2)OCc2ccccc2)O1. The van der Waals surface area contributed by atoms with Crippen LogP contribution in [0.25, 0.3) is 0 Å². The standard InChI is InChI=1S/C20H24O5/c21-20-15-23-14-19(25-20)18(24-12-17-9-5-2-6-10-17)13-22-11-16-7-3-1-4-8-16/h1-10,18-21H,11-15H2/t18-,19-,20?/m1/s1. The molecule has 0 aliphatic carbocycles. The quantitative estimate of drug-likeness (QED) is 0.797. The van der Waals surface area contributed by atoms with Gasteiger partial charge in [-0.1, -0.05) is 60.7 Å². The fraction of sp³-hybridized carbons (Fsp3) is 0.400. The van der Waals surface area contributed by atoms with Crippen LogP contribution in [0.5, 0.6) is 0 Å². The van der Waals surface area contributed by atoms with Gasteiger partial charge < -0.3 is 24.1 Å². The third-order valence-corrected chi connectivity index (χ3v) is 3.99. The van der Waals surface area contributed by atoms with Crippen LogP contribution in [0, 0.1) is 0 Å². The molecule has 1 heterocycles. The second kappa shape index (κ2) is 9.65. The van der Waals surface area contributed by atoms with Crippen LogP contribution in [0.1, 0.15) is 11.1 Å². The van der Waals surface area contributed by atoms with Gasteiger partial charge in [0, 0.05) is 0 Å². The molecular weight excluding hydrogens is 320 g/mol. The van der Waals surface area contributed by atoms with E-state index in [-0.39, 0.29) is 18.8 Å². The number of hydrogen-bond acceptors (Lipinski definition) is 5. The topological polar surface area (TPSA) is 57.2 Å². The largest absolute Gasteiger partial charge is 0.374 e. The number of aliphatic hydroxyl groups is 1. The molecule has 1 saturated heterocycles. The van der Waals surface area contributed by atoms with Crippen molar-refractivity contribution in [2.24, 2.45) is 0 Å². The molecule has 0 radical (unpaired) electrons. The average molecular weight is 344 g/mol. The van der Waals surface area contributed by atoms with Gasteiger partial charge in [0.1, 0.15) is 12.2 Å². The normalized spacial score (nSPS) is 21.8. The highest BCUT2D eigenvalue weighted by atomic mass is 16.7. The summed E-state index contributed by atoms with van der Waals surface area (Å²) in [5.74, 6) is 0. The maximum absolute atomic E-state index is 9.67. The Balaban J connectivity index is 1.55. The molecule has 5 heteroatoms. The third kappa shape index (κ3) is 5.92. The van der Waals surface area contributed by atoms with Gasteiger partial charge >= 0.3 is 0 Å². The van der Waals surface area contributed by atoms with Crippen LogP contribution >= 0.6 is 0 Å². The Hall–Kier alpha value is -1.76. The first-order chi connectivity index (χ1) is 12.3. The Bertz CT molecular complexity index is 604. The number of ether oxygens (including phenoxy) is 4. The van der Waals surface area contributed by atoms with Crippen LogP contribution in [0.3, 0.4) is 0 Å². The van der Waals surface area contributed by atoms with Crippen LogP contribution in [0.4, 0.5) is 0 Å². The van der Waals surface area contributed by atoms with E-state index in [1.54, 1.807) is 0 Å². The minimum Gasteiger partial charge on any atom is -0.374 e. The van der Waals surface area contributed by atoms with E-state index >= 15 is 0 Å². The van der Waals surface area contributed by atoms with Crippen LogP contribution in [-0.4, -0.2) is 43.4 Å². The Morgan fingerprint density at radius 2 is 1.56 bits per heavy atom. The van der Waals surface area contributed by atoms with Gasteiger partial charge in [-0.15, -0.1) is 0 Å². The van der Waals surface area contributed by atoms with Gasteiger partial charge in [0.15, 0.2) is 6.29 Å². The highest BCUT2D eigenvalue weighted by Crippen LogP contribution is 2.16. The number of hydrogen-bond donors (Lipinski definition) is 1. The second-order valence-corrected chi connectivity index (χ2v) is 6.00. The van der Waals surface area contributed by atoms with Crippen molar-refractivity contribution in [2.75, 3.05) is 19.8 Å². The maximum Gasteiger partial charge on any atom is 0.178 e. The Kier molecular flexibility index (Phi) is 6.97. The van der Waals surface area contributed by atoms with E-state index in [0.29, 0.717) is 26.4 Å². The minimum atomic E-state index is -0.921. The van der Waals surface area contributed by atoms with Gasteiger partial charge in [0.25, 0.3) is 0 Å². The van der Waals surface area contributed by atoms with Crippen LogP contribution < -0.4 is 0 Å². The van der Waals surface area contributed by atoms with Crippen molar-refractivity contribution in [3.63, 3.8) is 0 Å². The van der Waals surface area contributed by atoms with E-state index in [2.05, 4.69) is 0 Å². The first-order valence-corrected chi connectivity index (χ1v) is 8.50. The Morgan fingerprint density at radius 3 is 2.20 bits per heavy atom. The summed E-state index contributed by atoms with van der Waals surface area (Å²) in [4.78, 5) is 0. The predicted octanol–water partition coefficient (Wildman–Crippen LogP) is 2.52. The minimum absolute atomic E-state index is 0.187. The van der Waals surface area contributed by atoms with Gasteiger partial charge in [-0.05, 0) is 11.1 Å². The summed E-state index contributed by atoms with van der Waals surface area (Å²) in [5.41, 5.74) is 2.18. The molecular formula is C20H24O5. The van der Waals surface area contributed by atoms with E-state index in [9.17, 15) is 5.11 Å². The summed E-state index contributed by atoms with van der Waals surface area (Å²) in [5, 5.41) is 9.67. The molecule has 1 aliphatic heterocycles. The van der Waals surface area contributed by atoms with Crippen molar-refractivity contribution < 1.29 is 24.1 Å². The molecule has 3 rings (SSSR count). The molecule has 0 saturated carbocycles. The highest BCUT2D eigenvalue weighted by molar-refractivity contribution is 5.14. The summed E-state index contributed by atoms with van der Waals surface area (Å²) in [6, 6.07) is 19.9. The molecule has 3 atom stereocenters. The number of rotatable bonds is 8. The van der Waals surface area contributed by atoms with Crippen molar-refractivity contribution in [1.82, 2.24) is 0 Å². The summed E-state index contributed by atoms with van der Waals surface area (Å²) in [7, 11) is 0. The predicted molar refractivity (Wildman–Crippen MR) is 92.8 cm³/mol. The molecule has 0 aromatic heterocycles. The zero-order valence-electron chi connectivity index (χ0n) is 14.1. The van der Waals surface area contributed by atoms with E-state index in [0.717, 1.165) is 11.1 Å². The van der Waals surface area contributed by atoms with Crippen LogP contribution in [0.15, 0.2) is 60.7 Å². The summed E-state index contributed by atoms with van der Waals surface area (Å²) < 4.78 is 22.8. The molecule has 1 fully saturated rings. The molecule has 1 unspecified atom stereocenters. The Morgan fingerprint density at radius 1 is 0.920 bits per heavy atom. The van der Waals surface area contributed by atoms with Gasteiger partial charge in [-0.25, -0.2) is 0 Å². The maximum atomic E-state index is 9.67. The first kappa shape index (κ1) is 18.0. The summed E-state index contributed by atoms with van der Waals surface area (Å²) in [6.45, 7) is 1.89. The molecule has 0 bridgehead atoms. The molecule has 0 spiro atoms. The van der Waals surface area contributed by atoms with Crippen molar-refractivity contribution in [3.8, 4) is 0 Å². The molecule has 1 aliphatic rings. The average Bonchev–Trinajstić information content (AvgIpc) is 2.66. The molecule has 0 amide bonds. The lowest BCUT2D eigenvalue weighted by Gasteiger charge is -2.32. The van der Waals surface area contributed by atoms with E-state index < -0.39 is 6.29 Å². The summed E-state index contributed by atoms with van der Waals surface area (Å²) in [6.07, 6.45) is -1.60. The molecule has 5 nitrogen and oxygen atoms in total. The molecule has 1 N–H and O–H groups in total. The lowest BCUT2D eigenvalue weighted by molar-refractivity contribution is -0.253. The van der Waals surface area contributed by atoms with Gasteiger partial charge in [-0.2, -0.15) is 0 Å². The molecule has 2 aromatic rings. The fourth-order valence-electron chi connectivity index (χ4n) is 2.67. The monoisotopic (exact) mass is 344 g/mol. The van der Waals surface area contributed by atoms with Crippen molar-refractivity contribution in [1.29, 1.82) is 0 Å². The number of aliphatic hydroxyl groups excluding tert-OH is 1. The van der Waals surface area contributed by atoms with Crippen LogP contribution in [0.2, 0.25) is 0 Å². The smallest absolute Gasteiger partial charge is 0.178 e.